The van der Waals surface area contributed by atoms with Gasteiger partial charge in [-0.25, -0.2) is 0 Å². The van der Waals surface area contributed by atoms with Crippen LogP contribution >= 0.6 is 0 Å². The van der Waals surface area contributed by atoms with Gasteiger partial charge in [0.2, 0.25) is 0 Å². The molecule has 0 bridgehead atoms. The predicted octanol–water partition coefficient (Wildman–Crippen LogP) is 0.225. The first-order valence-electron chi connectivity index (χ1n) is 4.95. The van der Waals surface area contributed by atoms with Crippen molar-refractivity contribution < 1.29 is 20.4 Å². The standard InChI is InChI=1S/C11H14O4/c12-5-7-2-1-6-3-4-8(13)11(15)9(6)10(7)14/h1-2,8,11-15H,3-5H2/t8-,11+/m0/s1. The molecule has 0 saturated carbocycles. The van der Waals surface area contributed by atoms with Crippen LogP contribution in [0.15, 0.2) is 12.1 Å². The molecule has 1 aliphatic rings. The first kappa shape index (κ1) is 10.4. The lowest BCUT2D eigenvalue weighted by Crippen LogP contribution is -2.25. The lowest BCUT2D eigenvalue weighted by Gasteiger charge is -2.27. The molecule has 0 unspecified atom stereocenters. The van der Waals surface area contributed by atoms with Gasteiger partial charge in [-0.3, -0.25) is 0 Å². The minimum atomic E-state index is -1.06. The molecule has 0 amide bonds. The van der Waals surface area contributed by atoms with Gasteiger partial charge in [-0.1, -0.05) is 12.1 Å². The maximum absolute atomic E-state index is 9.79. The largest absolute Gasteiger partial charge is 0.507 e. The Morgan fingerprint density at radius 2 is 2.00 bits per heavy atom. The molecular weight excluding hydrogens is 196 g/mol. The maximum Gasteiger partial charge on any atom is 0.127 e. The Morgan fingerprint density at radius 3 is 2.67 bits per heavy atom. The summed E-state index contributed by atoms with van der Waals surface area (Å²) in [7, 11) is 0. The topological polar surface area (TPSA) is 80.9 Å². The van der Waals surface area contributed by atoms with Crippen LogP contribution in [0.2, 0.25) is 0 Å². The predicted molar refractivity (Wildman–Crippen MR) is 53.3 cm³/mol. The zero-order valence-electron chi connectivity index (χ0n) is 8.22. The molecule has 0 aliphatic heterocycles. The summed E-state index contributed by atoms with van der Waals surface area (Å²) in [4.78, 5) is 0. The molecule has 0 radical (unpaired) electrons. The highest BCUT2D eigenvalue weighted by Gasteiger charge is 2.29. The van der Waals surface area contributed by atoms with Crippen LogP contribution < -0.4 is 0 Å². The zero-order chi connectivity index (χ0) is 11.0. The molecule has 0 aromatic heterocycles. The van der Waals surface area contributed by atoms with Gasteiger partial charge in [0.1, 0.15) is 11.9 Å². The van der Waals surface area contributed by atoms with E-state index in [2.05, 4.69) is 0 Å². The Labute approximate surface area is 87.4 Å². The Bertz CT molecular complexity index is 375. The number of aryl methyl sites for hydroxylation is 1. The number of fused-ring (bicyclic) bond motifs is 1. The fraction of sp³-hybridized carbons (Fsp3) is 0.455. The highest BCUT2D eigenvalue weighted by molar-refractivity contribution is 5.48. The van der Waals surface area contributed by atoms with E-state index in [4.69, 9.17) is 5.11 Å². The number of phenols is 1. The molecule has 4 N–H and O–H groups in total. The van der Waals surface area contributed by atoms with Gasteiger partial charge in [0.15, 0.2) is 0 Å². The summed E-state index contributed by atoms with van der Waals surface area (Å²) in [6, 6.07) is 3.41. The second-order valence-electron chi connectivity index (χ2n) is 3.86. The van der Waals surface area contributed by atoms with Gasteiger partial charge in [-0.05, 0) is 18.4 Å². The van der Waals surface area contributed by atoms with Crippen molar-refractivity contribution in [3.05, 3.63) is 28.8 Å². The number of rotatable bonds is 1. The van der Waals surface area contributed by atoms with Crippen LogP contribution in [0, 0.1) is 0 Å². The van der Waals surface area contributed by atoms with Gasteiger partial charge in [0.05, 0.1) is 12.7 Å². The number of hydrogen-bond donors (Lipinski definition) is 4. The fourth-order valence-corrected chi connectivity index (χ4v) is 2.02. The fourth-order valence-electron chi connectivity index (χ4n) is 2.02. The van der Waals surface area contributed by atoms with Crippen LogP contribution in [0.4, 0.5) is 0 Å². The Kier molecular flexibility index (Phi) is 2.65. The first-order valence-corrected chi connectivity index (χ1v) is 4.95. The quantitative estimate of drug-likeness (QED) is 0.534. The molecule has 0 spiro atoms. The number of aliphatic hydroxyl groups is 3. The molecule has 2 atom stereocenters. The summed E-state index contributed by atoms with van der Waals surface area (Å²) in [5.74, 6) is -0.0961. The van der Waals surface area contributed by atoms with Crippen molar-refractivity contribution in [3.63, 3.8) is 0 Å². The van der Waals surface area contributed by atoms with E-state index >= 15 is 0 Å². The third kappa shape index (κ3) is 1.61. The van der Waals surface area contributed by atoms with Gasteiger partial charge in [0.25, 0.3) is 0 Å². The molecule has 1 aromatic rings. The highest BCUT2D eigenvalue weighted by atomic mass is 16.3. The van der Waals surface area contributed by atoms with E-state index in [9.17, 15) is 15.3 Å². The Hall–Kier alpha value is -1.10. The summed E-state index contributed by atoms with van der Waals surface area (Å²) >= 11 is 0. The summed E-state index contributed by atoms with van der Waals surface area (Å²) in [5, 5.41) is 38.0. The third-order valence-electron chi connectivity index (χ3n) is 2.93. The van der Waals surface area contributed by atoms with Crippen LogP contribution in [0.1, 0.15) is 29.2 Å². The summed E-state index contributed by atoms with van der Waals surface area (Å²) in [6.07, 6.45) is -0.767. The van der Waals surface area contributed by atoms with Crippen molar-refractivity contribution in [2.75, 3.05) is 0 Å². The normalized spacial score (nSPS) is 25.0. The second kappa shape index (κ2) is 3.81. The molecular formula is C11H14O4. The van der Waals surface area contributed by atoms with Crippen molar-refractivity contribution in [2.45, 2.75) is 31.7 Å². The van der Waals surface area contributed by atoms with Crippen LogP contribution in [-0.2, 0) is 13.0 Å². The first-order chi connectivity index (χ1) is 7.15. The summed E-state index contributed by atoms with van der Waals surface area (Å²) in [6.45, 7) is -0.276. The van der Waals surface area contributed by atoms with Gasteiger partial charge >= 0.3 is 0 Å². The highest BCUT2D eigenvalue weighted by Crippen LogP contribution is 2.38. The molecule has 2 rings (SSSR count). The van der Waals surface area contributed by atoms with E-state index in [1.54, 1.807) is 12.1 Å². The second-order valence-corrected chi connectivity index (χ2v) is 3.86. The summed E-state index contributed by atoms with van der Waals surface area (Å²) in [5.41, 5.74) is 1.57. The summed E-state index contributed by atoms with van der Waals surface area (Å²) < 4.78 is 0. The van der Waals surface area contributed by atoms with Crippen molar-refractivity contribution in [1.29, 1.82) is 0 Å². The minimum Gasteiger partial charge on any atom is -0.507 e. The zero-order valence-corrected chi connectivity index (χ0v) is 8.22. The molecule has 4 nitrogen and oxygen atoms in total. The van der Waals surface area contributed by atoms with Crippen molar-refractivity contribution in [2.24, 2.45) is 0 Å². The molecule has 0 heterocycles. The van der Waals surface area contributed by atoms with Crippen molar-refractivity contribution in [1.82, 2.24) is 0 Å². The lowest BCUT2D eigenvalue weighted by molar-refractivity contribution is 0.00490. The molecule has 1 aliphatic carbocycles. The van der Waals surface area contributed by atoms with E-state index in [1.807, 2.05) is 0 Å². The third-order valence-corrected chi connectivity index (χ3v) is 2.93. The maximum atomic E-state index is 9.79. The monoisotopic (exact) mass is 210 g/mol. The van der Waals surface area contributed by atoms with Gasteiger partial charge in [-0.2, -0.15) is 0 Å². The van der Waals surface area contributed by atoms with E-state index in [0.717, 1.165) is 5.56 Å². The van der Waals surface area contributed by atoms with Gasteiger partial charge < -0.3 is 20.4 Å². The van der Waals surface area contributed by atoms with Crippen LogP contribution in [0.25, 0.3) is 0 Å². The molecule has 4 heteroatoms. The molecule has 15 heavy (non-hydrogen) atoms. The van der Waals surface area contributed by atoms with E-state index in [0.29, 0.717) is 24.0 Å². The minimum absolute atomic E-state index is 0.0961. The lowest BCUT2D eigenvalue weighted by atomic mass is 9.85. The number of benzene rings is 1. The van der Waals surface area contributed by atoms with Crippen LogP contribution in [0.3, 0.4) is 0 Å². The Balaban J connectivity index is 2.53. The average Bonchev–Trinajstić information content (AvgIpc) is 2.24. The molecule has 0 fully saturated rings. The van der Waals surface area contributed by atoms with E-state index < -0.39 is 12.2 Å². The molecule has 0 saturated heterocycles. The Morgan fingerprint density at radius 1 is 1.27 bits per heavy atom. The molecule has 1 aromatic carbocycles. The smallest absolute Gasteiger partial charge is 0.127 e. The van der Waals surface area contributed by atoms with Crippen molar-refractivity contribution >= 4 is 0 Å². The van der Waals surface area contributed by atoms with E-state index in [1.165, 1.54) is 0 Å². The number of aliphatic hydroxyl groups excluding tert-OH is 3. The molecule has 82 valence electrons. The SMILES string of the molecule is OCc1ccc2c(c1O)[C@H](O)[C@@H](O)CC2. The average molecular weight is 210 g/mol. The van der Waals surface area contributed by atoms with E-state index in [-0.39, 0.29) is 12.4 Å². The number of aromatic hydroxyl groups is 1. The van der Waals surface area contributed by atoms with Crippen LogP contribution in [0.5, 0.6) is 5.75 Å². The van der Waals surface area contributed by atoms with Gasteiger partial charge in [-0.15, -0.1) is 0 Å². The van der Waals surface area contributed by atoms with Crippen LogP contribution in [-0.4, -0.2) is 26.5 Å². The van der Waals surface area contributed by atoms with Gasteiger partial charge in [0, 0.05) is 11.1 Å². The van der Waals surface area contributed by atoms with Crippen molar-refractivity contribution in [3.8, 4) is 5.75 Å². The number of hydrogen-bond acceptors (Lipinski definition) is 4.